The van der Waals surface area contributed by atoms with Crippen LogP contribution in [0.1, 0.15) is 49.1 Å². The quantitative estimate of drug-likeness (QED) is 0.568. The van der Waals surface area contributed by atoms with E-state index in [2.05, 4.69) is 18.0 Å². The van der Waals surface area contributed by atoms with Gasteiger partial charge < -0.3 is 9.64 Å². The first kappa shape index (κ1) is 20.5. The predicted molar refractivity (Wildman–Crippen MR) is 113 cm³/mol. The van der Waals surface area contributed by atoms with Crippen LogP contribution in [0, 0.1) is 0 Å². The normalized spacial score (nSPS) is 15.8. The maximum absolute atomic E-state index is 12.5. The van der Waals surface area contributed by atoms with Crippen molar-refractivity contribution >= 4 is 40.8 Å². The zero-order chi connectivity index (χ0) is 19.6. The van der Waals surface area contributed by atoms with Crippen molar-refractivity contribution in [3.63, 3.8) is 0 Å². The van der Waals surface area contributed by atoms with Gasteiger partial charge >= 0.3 is 6.09 Å². The molecule has 1 aliphatic heterocycles. The number of hydrogen-bond acceptors (Lipinski definition) is 5. The van der Waals surface area contributed by atoms with Crippen molar-refractivity contribution in [3.8, 4) is 0 Å². The molecule has 1 amide bonds. The lowest BCUT2D eigenvalue weighted by Gasteiger charge is -2.26. The van der Waals surface area contributed by atoms with E-state index in [0.29, 0.717) is 13.1 Å². The summed E-state index contributed by atoms with van der Waals surface area (Å²) in [5, 5.41) is 4.10. The number of halogens is 1. The van der Waals surface area contributed by atoms with Crippen LogP contribution in [0.4, 0.5) is 4.79 Å². The molecule has 2 aromatic rings. The number of amides is 1. The SMILES string of the molecule is CC(Sc1c(Cl)ccc2c1CCN(C(=O)OC(C)(C)C)CC2)c1nccs1. The first-order valence-corrected chi connectivity index (χ1v) is 11.2. The summed E-state index contributed by atoms with van der Waals surface area (Å²) in [4.78, 5) is 19.8. The molecule has 0 bridgehead atoms. The molecule has 1 aromatic carbocycles. The van der Waals surface area contributed by atoms with E-state index in [1.165, 1.54) is 11.1 Å². The topological polar surface area (TPSA) is 42.4 Å². The molecule has 0 saturated heterocycles. The maximum atomic E-state index is 12.5. The van der Waals surface area contributed by atoms with Gasteiger partial charge in [-0.15, -0.1) is 23.1 Å². The number of fused-ring (bicyclic) bond motifs is 1. The highest BCUT2D eigenvalue weighted by atomic mass is 35.5. The van der Waals surface area contributed by atoms with Crippen molar-refractivity contribution in [1.82, 2.24) is 9.88 Å². The Hall–Kier alpha value is -1.24. The lowest BCUT2D eigenvalue weighted by molar-refractivity contribution is 0.0258. The third-order valence-corrected chi connectivity index (χ3v) is 7.15. The lowest BCUT2D eigenvalue weighted by Crippen LogP contribution is -2.38. The summed E-state index contributed by atoms with van der Waals surface area (Å²) < 4.78 is 5.55. The number of carbonyl (C=O) groups excluding carboxylic acids is 1. The summed E-state index contributed by atoms with van der Waals surface area (Å²) in [5.41, 5.74) is 2.03. The molecule has 0 aliphatic carbocycles. The maximum Gasteiger partial charge on any atom is 0.410 e. The van der Waals surface area contributed by atoms with E-state index >= 15 is 0 Å². The van der Waals surface area contributed by atoms with E-state index in [-0.39, 0.29) is 11.3 Å². The summed E-state index contributed by atoms with van der Waals surface area (Å²) in [6.45, 7) is 9.14. The van der Waals surface area contributed by atoms with Crippen LogP contribution >= 0.6 is 34.7 Å². The van der Waals surface area contributed by atoms with E-state index in [1.807, 2.05) is 38.4 Å². The average Bonchev–Trinajstić information content (AvgIpc) is 3.03. The van der Waals surface area contributed by atoms with E-state index < -0.39 is 5.60 Å². The Balaban J connectivity index is 1.79. The van der Waals surface area contributed by atoms with Crippen LogP contribution in [0.3, 0.4) is 0 Å². The van der Waals surface area contributed by atoms with Gasteiger partial charge in [-0.2, -0.15) is 0 Å². The van der Waals surface area contributed by atoms with Crippen LogP contribution in [0.25, 0.3) is 0 Å². The number of rotatable bonds is 3. The summed E-state index contributed by atoms with van der Waals surface area (Å²) in [6, 6.07) is 4.06. The van der Waals surface area contributed by atoms with E-state index in [1.54, 1.807) is 28.0 Å². The number of hydrogen-bond donors (Lipinski definition) is 0. The highest BCUT2D eigenvalue weighted by Gasteiger charge is 2.26. The molecule has 146 valence electrons. The van der Waals surface area contributed by atoms with Crippen LogP contribution in [0.5, 0.6) is 0 Å². The summed E-state index contributed by atoms with van der Waals surface area (Å²) in [6.07, 6.45) is 3.18. The molecule has 4 nitrogen and oxygen atoms in total. The third-order valence-electron chi connectivity index (χ3n) is 4.34. The van der Waals surface area contributed by atoms with Gasteiger partial charge in [-0.05, 0) is 57.7 Å². The molecular formula is C20H25ClN2O2S2. The lowest BCUT2D eigenvalue weighted by atomic mass is 10.0. The number of carbonyl (C=O) groups is 1. The number of aromatic nitrogens is 1. The van der Waals surface area contributed by atoms with Gasteiger partial charge in [0.1, 0.15) is 10.6 Å². The summed E-state index contributed by atoms with van der Waals surface area (Å²) >= 11 is 9.98. The van der Waals surface area contributed by atoms with Crippen molar-refractivity contribution in [2.75, 3.05) is 13.1 Å². The number of thiazole rings is 1. The molecule has 1 aromatic heterocycles. The fourth-order valence-electron chi connectivity index (χ4n) is 3.06. The minimum absolute atomic E-state index is 0.235. The van der Waals surface area contributed by atoms with Gasteiger partial charge in [0.15, 0.2) is 0 Å². The second kappa shape index (κ2) is 8.41. The second-order valence-corrected chi connectivity index (χ2v) is 10.3. The van der Waals surface area contributed by atoms with Crippen LogP contribution in [0.15, 0.2) is 28.6 Å². The summed E-state index contributed by atoms with van der Waals surface area (Å²) in [7, 11) is 0. The zero-order valence-corrected chi connectivity index (χ0v) is 18.5. The smallest absolute Gasteiger partial charge is 0.410 e. The largest absolute Gasteiger partial charge is 0.444 e. The molecule has 0 saturated carbocycles. The van der Waals surface area contributed by atoms with Crippen molar-refractivity contribution < 1.29 is 9.53 Å². The first-order chi connectivity index (χ1) is 12.7. The molecule has 1 unspecified atom stereocenters. The Morgan fingerprint density at radius 1 is 1.33 bits per heavy atom. The molecule has 0 spiro atoms. The van der Waals surface area contributed by atoms with Gasteiger partial charge in [-0.3, -0.25) is 0 Å². The Bertz CT molecular complexity index is 803. The van der Waals surface area contributed by atoms with Gasteiger partial charge in [-0.25, -0.2) is 9.78 Å². The van der Waals surface area contributed by atoms with Gasteiger partial charge in [0.25, 0.3) is 0 Å². The molecule has 2 heterocycles. The molecule has 7 heteroatoms. The first-order valence-electron chi connectivity index (χ1n) is 9.09. The average molecular weight is 425 g/mol. The Morgan fingerprint density at radius 3 is 2.74 bits per heavy atom. The Labute approximate surface area is 174 Å². The molecule has 0 fully saturated rings. The number of thioether (sulfide) groups is 1. The molecule has 1 atom stereocenters. The van der Waals surface area contributed by atoms with E-state index in [0.717, 1.165) is 27.8 Å². The highest BCUT2D eigenvalue weighted by Crippen LogP contribution is 2.42. The zero-order valence-electron chi connectivity index (χ0n) is 16.1. The van der Waals surface area contributed by atoms with Crippen molar-refractivity contribution in [3.05, 3.63) is 44.9 Å². The molecule has 1 aliphatic rings. The number of benzene rings is 1. The van der Waals surface area contributed by atoms with E-state index in [4.69, 9.17) is 16.3 Å². The van der Waals surface area contributed by atoms with Crippen LogP contribution in [-0.2, 0) is 17.6 Å². The fraction of sp³-hybridized carbons (Fsp3) is 0.500. The third kappa shape index (κ3) is 5.18. The van der Waals surface area contributed by atoms with E-state index in [9.17, 15) is 4.79 Å². The van der Waals surface area contributed by atoms with Gasteiger partial charge in [0.05, 0.1) is 10.3 Å². The van der Waals surface area contributed by atoms with Gasteiger partial charge in [0.2, 0.25) is 0 Å². The van der Waals surface area contributed by atoms with Crippen LogP contribution in [-0.4, -0.2) is 34.7 Å². The monoisotopic (exact) mass is 424 g/mol. The van der Waals surface area contributed by atoms with Crippen LogP contribution < -0.4 is 0 Å². The minimum atomic E-state index is -0.482. The van der Waals surface area contributed by atoms with Gasteiger partial charge in [-0.1, -0.05) is 17.7 Å². The Kier molecular flexibility index (Phi) is 6.39. The molecule has 0 radical (unpaired) electrons. The molecular weight excluding hydrogens is 400 g/mol. The van der Waals surface area contributed by atoms with Crippen molar-refractivity contribution in [1.29, 1.82) is 0 Å². The summed E-state index contributed by atoms with van der Waals surface area (Å²) in [5.74, 6) is 0. The molecule has 3 rings (SSSR count). The van der Waals surface area contributed by atoms with Crippen molar-refractivity contribution in [2.45, 2.75) is 56.3 Å². The van der Waals surface area contributed by atoms with Crippen molar-refractivity contribution in [2.24, 2.45) is 0 Å². The predicted octanol–water partition coefficient (Wildman–Crippen LogP) is 5.99. The molecule has 27 heavy (non-hydrogen) atoms. The molecule has 0 N–H and O–H groups in total. The standard InChI is InChI=1S/C20H25ClN2O2S2/c1-13(18-22-9-12-26-18)27-17-15-8-11-23(19(24)25-20(2,3)4)10-7-14(15)5-6-16(17)21/h5-6,9,12-13H,7-8,10-11H2,1-4H3. The van der Waals surface area contributed by atoms with Gasteiger partial charge in [0, 0.05) is 29.6 Å². The highest BCUT2D eigenvalue weighted by molar-refractivity contribution is 7.99. The minimum Gasteiger partial charge on any atom is -0.444 e. The second-order valence-electron chi connectivity index (χ2n) is 7.61. The Morgan fingerprint density at radius 2 is 2.07 bits per heavy atom. The number of ether oxygens (including phenoxy) is 1. The fourth-order valence-corrected chi connectivity index (χ4v) is 5.33. The van der Waals surface area contributed by atoms with Crippen LogP contribution in [0.2, 0.25) is 5.02 Å². The number of nitrogens with zero attached hydrogens (tertiary/aromatic N) is 2.